The predicted molar refractivity (Wildman–Crippen MR) is 38.8 cm³/mol. The first-order chi connectivity index (χ1) is 6.15. The van der Waals surface area contributed by atoms with Crippen molar-refractivity contribution in [1.29, 1.82) is 5.26 Å². The molecule has 0 bridgehead atoms. The molecule has 0 spiro atoms. The molecule has 0 aromatic heterocycles. The number of benzene rings is 1. The van der Waals surface area contributed by atoms with Gasteiger partial charge in [-0.1, -0.05) is 0 Å². The molecule has 0 aliphatic heterocycles. The molecule has 1 rings (SSSR count). The van der Waals surface area contributed by atoms with Crippen LogP contribution in [0.15, 0.2) is 12.1 Å². The number of hydrogen-bond acceptors (Lipinski definition) is 1. The van der Waals surface area contributed by atoms with E-state index in [1.165, 1.54) is 6.07 Å². The molecule has 0 aliphatic carbocycles. The van der Waals surface area contributed by atoms with E-state index in [0.29, 0.717) is 12.1 Å². The fraction of sp³-hybridized carbons (Fsp3) is 0. The highest BCUT2D eigenvalue weighted by Gasteiger charge is 2.08. The molecule has 13 heavy (non-hydrogen) atoms. The Kier molecular flexibility index (Phi) is 2.56. The summed E-state index contributed by atoms with van der Waals surface area (Å²) in [6.45, 7) is 0. The molecule has 64 valence electrons. The molecule has 0 atom stereocenters. The maximum Gasteiger partial charge on any atom is 0.152 e. The SMILES string of the molecule is N#CC#Cc1c(F)cc(F)cc1F. The van der Waals surface area contributed by atoms with Crippen molar-refractivity contribution in [2.45, 2.75) is 0 Å². The van der Waals surface area contributed by atoms with Gasteiger partial charge in [0.25, 0.3) is 0 Å². The first-order valence-electron chi connectivity index (χ1n) is 3.20. The first-order valence-corrected chi connectivity index (χ1v) is 3.20. The van der Waals surface area contributed by atoms with Gasteiger partial charge < -0.3 is 0 Å². The van der Waals surface area contributed by atoms with E-state index < -0.39 is 23.0 Å². The van der Waals surface area contributed by atoms with Crippen molar-refractivity contribution in [3.05, 3.63) is 35.1 Å². The van der Waals surface area contributed by atoms with Gasteiger partial charge in [0.15, 0.2) is 6.07 Å². The van der Waals surface area contributed by atoms with Gasteiger partial charge in [-0.2, -0.15) is 5.26 Å². The van der Waals surface area contributed by atoms with E-state index in [-0.39, 0.29) is 0 Å². The molecule has 0 saturated carbocycles. The monoisotopic (exact) mass is 181 g/mol. The summed E-state index contributed by atoms with van der Waals surface area (Å²) in [5.41, 5.74) is -0.594. The van der Waals surface area contributed by atoms with Crippen LogP contribution in [0.1, 0.15) is 5.56 Å². The minimum Gasteiger partial charge on any atom is -0.207 e. The topological polar surface area (TPSA) is 23.8 Å². The van der Waals surface area contributed by atoms with Gasteiger partial charge in [-0.15, -0.1) is 0 Å². The Morgan fingerprint density at radius 2 is 1.62 bits per heavy atom. The van der Waals surface area contributed by atoms with E-state index in [4.69, 9.17) is 5.26 Å². The standard InChI is InChI=1S/C9H2F3N/c10-6-4-8(11)7(2-1-3-13)9(12)5-6/h4-5H. The lowest BCUT2D eigenvalue weighted by atomic mass is 10.2. The van der Waals surface area contributed by atoms with Crippen LogP contribution in [0.25, 0.3) is 0 Å². The molecule has 0 radical (unpaired) electrons. The van der Waals surface area contributed by atoms with Crippen LogP contribution >= 0.6 is 0 Å². The Morgan fingerprint density at radius 3 is 2.08 bits per heavy atom. The Balaban J connectivity index is 3.31. The lowest BCUT2D eigenvalue weighted by Crippen LogP contribution is -1.91. The van der Waals surface area contributed by atoms with Gasteiger partial charge in [0.05, 0.1) is 5.56 Å². The van der Waals surface area contributed by atoms with Gasteiger partial charge in [0.1, 0.15) is 17.5 Å². The van der Waals surface area contributed by atoms with Crippen LogP contribution in [-0.2, 0) is 0 Å². The van der Waals surface area contributed by atoms with E-state index in [1.807, 2.05) is 11.8 Å². The summed E-state index contributed by atoms with van der Waals surface area (Å²) in [6, 6.07) is 2.41. The summed E-state index contributed by atoms with van der Waals surface area (Å²) in [7, 11) is 0. The van der Waals surface area contributed by atoms with E-state index in [0.717, 1.165) is 0 Å². The average molecular weight is 181 g/mol. The van der Waals surface area contributed by atoms with Gasteiger partial charge >= 0.3 is 0 Å². The molecular weight excluding hydrogens is 179 g/mol. The zero-order valence-corrected chi connectivity index (χ0v) is 6.24. The predicted octanol–water partition coefficient (Wildman–Crippen LogP) is 1.98. The van der Waals surface area contributed by atoms with E-state index >= 15 is 0 Å². The lowest BCUT2D eigenvalue weighted by molar-refractivity contribution is 0.539. The van der Waals surface area contributed by atoms with Crippen LogP contribution in [-0.4, -0.2) is 0 Å². The molecule has 1 aromatic rings. The number of rotatable bonds is 0. The largest absolute Gasteiger partial charge is 0.207 e. The van der Waals surface area contributed by atoms with Crippen molar-refractivity contribution in [2.24, 2.45) is 0 Å². The highest BCUT2D eigenvalue weighted by Crippen LogP contribution is 2.12. The quantitative estimate of drug-likeness (QED) is 0.561. The van der Waals surface area contributed by atoms with Gasteiger partial charge in [-0.25, -0.2) is 13.2 Å². The molecule has 0 unspecified atom stereocenters. The summed E-state index contributed by atoms with van der Waals surface area (Å²) >= 11 is 0. The summed E-state index contributed by atoms with van der Waals surface area (Å²) < 4.78 is 37.8. The second kappa shape index (κ2) is 3.64. The summed E-state index contributed by atoms with van der Waals surface area (Å²) in [4.78, 5) is 0. The highest BCUT2D eigenvalue weighted by atomic mass is 19.1. The zero-order valence-electron chi connectivity index (χ0n) is 6.24. The first kappa shape index (κ1) is 9.15. The molecule has 0 fully saturated rings. The van der Waals surface area contributed by atoms with Crippen molar-refractivity contribution >= 4 is 0 Å². The molecule has 0 saturated heterocycles. The van der Waals surface area contributed by atoms with Gasteiger partial charge in [-0.3, -0.25) is 0 Å². The Bertz CT molecular complexity index is 411. The Morgan fingerprint density at radius 1 is 1.08 bits per heavy atom. The maximum atomic E-state index is 12.7. The third kappa shape index (κ3) is 2.00. The van der Waals surface area contributed by atoms with E-state index in [9.17, 15) is 13.2 Å². The van der Waals surface area contributed by atoms with Crippen LogP contribution in [0.5, 0.6) is 0 Å². The fourth-order valence-corrected chi connectivity index (χ4v) is 0.752. The van der Waals surface area contributed by atoms with Crippen LogP contribution in [0.4, 0.5) is 13.2 Å². The fourth-order valence-electron chi connectivity index (χ4n) is 0.752. The summed E-state index contributed by atoms with van der Waals surface area (Å²) in [5, 5.41) is 8.02. The van der Waals surface area contributed by atoms with E-state index in [1.54, 1.807) is 0 Å². The molecule has 0 aliphatic rings. The van der Waals surface area contributed by atoms with Gasteiger partial charge in [0, 0.05) is 18.1 Å². The maximum absolute atomic E-state index is 12.7. The minimum atomic E-state index is -1.11. The molecule has 0 amide bonds. The average Bonchev–Trinajstić information content (AvgIpc) is 2.02. The summed E-state index contributed by atoms with van der Waals surface area (Å²) in [6.07, 6.45) is 0. The van der Waals surface area contributed by atoms with E-state index in [2.05, 4.69) is 0 Å². The van der Waals surface area contributed by atoms with Crippen LogP contribution in [0, 0.1) is 40.6 Å². The van der Waals surface area contributed by atoms with Gasteiger partial charge in [0.2, 0.25) is 0 Å². The molecule has 0 N–H and O–H groups in total. The molecule has 4 heteroatoms. The van der Waals surface area contributed by atoms with Crippen molar-refractivity contribution in [2.75, 3.05) is 0 Å². The number of nitriles is 1. The normalized spacial score (nSPS) is 8.46. The third-order valence-corrected chi connectivity index (χ3v) is 1.25. The van der Waals surface area contributed by atoms with Crippen LogP contribution in [0.2, 0.25) is 0 Å². The molecule has 0 heterocycles. The van der Waals surface area contributed by atoms with Crippen LogP contribution < -0.4 is 0 Å². The van der Waals surface area contributed by atoms with Crippen molar-refractivity contribution in [1.82, 2.24) is 0 Å². The van der Waals surface area contributed by atoms with Crippen molar-refractivity contribution in [3.8, 4) is 17.9 Å². The molecular formula is C9H2F3N. The van der Waals surface area contributed by atoms with Crippen LogP contribution in [0.3, 0.4) is 0 Å². The Labute approximate surface area is 72.4 Å². The van der Waals surface area contributed by atoms with Gasteiger partial charge in [-0.05, 0) is 5.92 Å². The zero-order chi connectivity index (χ0) is 9.84. The summed E-state index contributed by atoms with van der Waals surface area (Å²) in [5.74, 6) is 0.511. The number of halogens is 3. The third-order valence-electron chi connectivity index (χ3n) is 1.25. The smallest absolute Gasteiger partial charge is 0.152 e. The number of nitrogens with zero attached hydrogens (tertiary/aromatic N) is 1. The molecule has 1 aromatic carbocycles. The second-order valence-electron chi connectivity index (χ2n) is 2.11. The lowest BCUT2D eigenvalue weighted by Gasteiger charge is -1.95. The molecule has 1 nitrogen and oxygen atoms in total. The van der Waals surface area contributed by atoms with Crippen molar-refractivity contribution in [3.63, 3.8) is 0 Å². The van der Waals surface area contributed by atoms with Crippen molar-refractivity contribution < 1.29 is 13.2 Å². The second-order valence-corrected chi connectivity index (χ2v) is 2.11. The Hall–Kier alpha value is -1.94. The number of hydrogen-bond donors (Lipinski definition) is 0. The minimum absolute atomic E-state index is 0.504. The highest BCUT2D eigenvalue weighted by molar-refractivity contribution is 5.39.